The van der Waals surface area contributed by atoms with E-state index >= 15 is 0 Å². The smallest absolute Gasteiger partial charge is 0.211 e. The maximum absolute atomic E-state index is 13.1. The van der Waals surface area contributed by atoms with Crippen molar-refractivity contribution in [1.29, 1.82) is 0 Å². The predicted molar refractivity (Wildman–Crippen MR) is 89.7 cm³/mol. The van der Waals surface area contributed by atoms with Crippen molar-refractivity contribution in [3.63, 3.8) is 0 Å². The molecular formula is C16H20FN3O3S. The molecule has 0 N–H and O–H groups in total. The number of aldehydes is 1. The quantitative estimate of drug-likeness (QED) is 0.748. The van der Waals surface area contributed by atoms with Crippen LogP contribution in [0.3, 0.4) is 0 Å². The molecule has 1 heterocycles. The summed E-state index contributed by atoms with van der Waals surface area (Å²) in [5, 5.41) is 0. The van der Waals surface area contributed by atoms with E-state index in [0.29, 0.717) is 29.1 Å². The van der Waals surface area contributed by atoms with Crippen molar-refractivity contribution in [2.45, 2.75) is 26.4 Å². The number of halogens is 1. The monoisotopic (exact) mass is 353 g/mol. The fraction of sp³-hybridized carbons (Fsp3) is 0.375. The Balaban J connectivity index is 2.59. The van der Waals surface area contributed by atoms with Crippen LogP contribution in [0.15, 0.2) is 24.3 Å². The molecule has 0 spiro atoms. The van der Waals surface area contributed by atoms with Crippen LogP contribution >= 0.6 is 0 Å². The summed E-state index contributed by atoms with van der Waals surface area (Å²) >= 11 is 0. The summed E-state index contributed by atoms with van der Waals surface area (Å²) in [7, 11) is -1.93. The third-order valence-corrected chi connectivity index (χ3v) is 4.96. The number of carbonyl (C=O) groups is 1. The van der Waals surface area contributed by atoms with E-state index in [4.69, 9.17) is 0 Å². The van der Waals surface area contributed by atoms with Crippen LogP contribution in [0.5, 0.6) is 0 Å². The van der Waals surface area contributed by atoms with Gasteiger partial charge in [-0.25, -0.2) is 17.8 Å². The number of aromatic nitrogens is 2. The van der Waals surface area contributed by atoms with Gasteiger partial charge < -0.3 is 4.57 Å². The average molecular weight is 353 g/mol. The topological polar surface area (TPSA) is 72.3 Å². The van der Waals surface area contributed by atoms with E-state index < -0.39 is 10.0 Å². The number of nitrogens with zero attached hydrogens (tertiary/aromatic N) is 3. The van der Waals surface area contributed by atoms with Gasteiger partial charge >= 0.3 is 0 Å². The van der Waals surface area contributed by atoms with Gasteiger partial charge in [0.15, 0.2) is 6.29 Å². The van der Waals surface area contributed by atoms with Crippen molar-refractivity contribution in [2.24, 2.45) is 0 Å². The van der Waals surface area contributed by atoms with E-state index in [1.165, 1.54) is 19.2 Å². The molecule has 8 heteroatoms. The lowest BCUT2D eigenvalue weighted by Gasteiger charge is -2.17. The lowest BCUT2D eigenvalue weighted by atomic mass is 10.1. The molecule has 0 saturated carbocycles. The Morgan fingerprint density at radius 2 is 1.88 bits per heavy atom. The summed E-state index contributed by atoms with van der Waals surface area (Å²) in [6.07, 6.45) is 1.80. The SMILES string of the molecule is CC(C)n1c(CN(C)S(C)(=O)=O)nc(-c2ccc(F)cc2)c1C=O. The Morgan fingerprint density at radius 3 is 2.33 bits per heavy atom. The maximum atomic E-state index is 13.1. The predicted octanol–water partition coefficient (Wildman–Crippen LogP) is 2.47. The van der Waals surface area contributed by atoms with Crippen LogP contribution in [0.25, 0.3) is 11.3 Å². The van der Waals surface area contributed by atoms with Crippen LogP contribution < -0.4 is 0 Å². The highest BCUT2D eigenvalue weighted by Crippen LogP contribution is 2.27. The molecular weight excluding hydrogens is 333 g/mol. The molecule has 0 saturated heterocycles. The Labute approximate surface area is 141 Å². The van der Waals surface area contributed by atoms with Crippen LogP contribution in [0.4, 0.5) is 4.39 Å². The zero-order chi connectivity index (χ0) is 18.1. The van der Waals surface area contributed by atoms with Crippen LogP contribution in [-0.4, -0.2) is 41.9 Å². The van der Waals surface area contributed by atoms with E-state index in [1.54, 1.807) is 16.7 Å². The number of imidazole rings is 1. The molecule has 24 heavy (non-hydrogen) atoms. The minimum atomic E-state index is -3.38. The third kappa shape index (κ3) is 3.70. The second kappa shape index (κ2) is 6.82. The number of hydrogen-bond acceptors (Lipinski definition) is 4. The first-order valence-corrected chi connectivity index (χ1v) is 9.23. The van der Waals surface area contributed by atoms with Crippen molar-refractivity contribution in [3.05, 3.63) is 41.6 Å². The molecule has 2 aromatic rings. The van der Waals surface area contributed by atoms with E-state index in [9.17, 15) is 17.6 Å². The summed E-state index contributed by atoms with van der Waals surface area (Å²) in [5.41, 5.74) is 1.35. The van der Waals surface area contributed by atoms with Gasteiger partial charge in [0.05, 0.1) is 18.5 Å². The molecule has 0 bridgehead atoms. The van der Waals surface area contributed by atoms with Gasteiger partial charge in [0.25, 0.3) is 0 Å². The van der Waals surface area contributed by atoms with Gasteiger partial charge in [-0.05, 0) is 38.1 Å². The third-order valence-electron chi connectivity index (χ3n) is 3.70. The zero-order valence-corrected chi connectivity index (χ0v) is 14.8. The van der Waals surface area contributed by atoms with E-state index in [0.717, 1.165) is 10.6 Å². The first kappa shape index (κ1) is 18.3. The Bertz CT molecular complexity index is 842. The number of sulfonamides is 1. The highest BCUT2D eigenvalue weighted by atomic mass is 32.2. The first-order chi connectivity index (χ1) is 11.1. The molecule has 0 aliphatic heterocycles. The van der Waals surface area contributed by atoms with Crippen LogP contribution in [0, 0.1) is 5.82 Å². The average Bonchev–Trinajstić information content (AvgIpc) is 2.85. The fourth-order valence-corrected chi connectivity index (χ4v) is 2.78. The second-order valence-electron chi connectivity index (χ2n) is 5.87. The van der Waals surface area contributed by atoms with E-state index in [1.807, 2.05) is 13.8 Å². The molecule has 130 valence electrons. The summed E-state index contributed by atoms with van der Waals surface area (Å²) in [5.74, 6) is 0.0751. The molecule has 0 atom stereocenters. The largest absolute Gasteiger partial charge is 0.322 e. The highest BCUT2D eigenvalue weighted by Gasteiger charge is 2.23. The minimum Gasteiger partial charge on any atom is -0.322 e. The van der Waals surface area contributed by atoms with Gasteiger partial charge in [0.1, 0.15) is 17.3 Å². The molecule has 1 aromatic carbocycles. The summed E-state index contributed by atoms with van der Waals surface area (Å²) < 4.78 is 39.3. The Kier molecular flexibility index (Phi) is 5.19. The molecule has 0 aliphatic carbocycles. The number of rotatable bonds is 6. The molecule has 0 amide bonds. The van der Waals surface area contributed by atoms with Crippen LogP contribution in [-0.2, 0) is 16.6 Å². The number of carbonyl (C=O) groups excluding carboxylic acids is 1. The normalized spacial score (nSPS) is 12.1. The van der Waals surface area contributed by atoms with Crippen LogP contribution in [0.1, 0.15) is 36.2 Å². The Morgan fingerprint density at radius 1 is 1.29 bits per heavy atom. The van der Waals surface area contributed by atoms with Crippen molar-refractivity contribution in [3.8, 4) is 11.3 Å². The van der Waals surface area contributed by atoms with Crippen molar-refractivity contribution < 1.29 is 17.6 Å². The summed E-state index contributed by atoms with van der Waals surface area (Å²) in [4.78, 5) is 16.1. The standard InChI is InChI=1S/C16H20FN3O3S/c1-11(2)20-14(10-21)16(12-5-7-13(17)8-6-12)18-15(20)9-19(3)24(4,22)23/h5-8,10-11H,9H2,1-4H3. The van der Waals surface area contributed by atoms with Crippen molar-refractivity contribution in [1.82, 2.24) is 13.9 Å². The lowest BCUT2D eigenvalue weighted by Crippen LogP contribution is -2.27. The summed E-state index contributed by atoms with van der Waals surface area (Å²) in [6, 6.07) is 5.58. The molecule has 1 aromatic heterocycles. The molecule has 2 rings (SSSR count). The van der Waals surface area contributed by atoms with Gasteiger partial charge in [-0.2, -0.15) is 4.31 Å². The minimum absolute atomic E-state index is 0.0407. The highest BCUT2D eigenvalue weighted by molar-refractivity contribution is 7.88. The number of hydrogen-bond donors (Lipinski definition) is 0. The molecule has 0 fully saturated rings. The molecule has 6 nitrogen and oxygen atoms in total. The Hall–Kier alpha value is -2.06. The first-order valence-electron chi connectivity index (χ1n) is 7.38. The van der Waals surface area contributed by atoms with Gasteiger partial charge in [-0.3, -0.25) is 4.79 Å². The maximum Gasteiger partial charge on any atom is 0.211 e. The van der Waals surface area contributed by atoms with Crippen molar-refractivity contribution >= 4 is 16.3 Å². The van der Waals surface area contributed by atoms with Gasteiger partial charge in [-0.15, -0.1) is 0 Å². The second-order valence-corrected chi connectivity index (χ2v) is 7.96. The number of benzene rings is 1. The van der Waals surface area contributed by atoms with Gasteiger partial charge in [-0.1, -0.05) is 0 Å². The van der Waals surface area contributed by atoms with Crippen molar-refractivity contribution in [2.75, 3.05) is 13.3 Å². The molecule has 0 radical (unpaired) electrons. The van der Waals surface area contributed by atoms with Gasteiger partial charge in [0.2, 0.25) is 10.0 Å². The van der Waals surface area contributed by atoms with Crippen LogP contribution in [0.2, 0.25) is 0 Å². The van der Waals surface area contributed by atoms with Gasteiger partial charge in [0, 0.05) is 18.7 Å². The zero-order valence-electron chi connectivity index (χ0n) is 14.0. The molecule has 0 aliphatic rings. The van der Waals surface area contributed by atoms with E-state index in [2.05, 4.69) is 4.98 Å². The molecule has 0 unspecified atom stereocenters. The fourth-order valence-electron chi connectivity index (χ4n) is 2.43. The summed E-state index contributed by atoms with van der Waals surface area (Å²) in [6.45, 7) is 3.80. The van der Waals surface area contributed by atoms with E-state index in [-0.39, 0.29) is 18.4 Å². The lowest BCUT2D eigenvalue weighted by molar-refractivity contribution is 0.111.